The second-order valence-electron chi connectivity index (χ2n) is 6.63. The Kier molecular flexibility index (Phi) is 5.15. The highest BCUT2D eigenvalue weighted by atomic mass is 32.2. The molecular weight excluding hydrogens is 290 g/mol. The van der Waals surface area contributed by atoms with E-state index in [1.165, 1.54) is 12.1 Å². The number of rotatable bonds is 3. The maximum Gasteiger partial charge on any atom is 0.149 e. The molecule has 1 heterocycles. The van der Waals surface area contributed by atoms with Crippen LogP contribution in [0, 0.1) is 11.6 Å². The number of nitrogens with zero attached hydrogens (tertiary/aromatic N) is 1. The molecule has 1 aliphatic heterocycles. The highest BCUT2D eigenvalue weighted by Gasteiger charge is 2.25. The van der Waals surface area contributed by atoms with Gasteiger partial charge in [0.25, 0.3) is 0 Å². The average Bonchev–Trinajstić information content (AvgIpc) is 2.37. The third kappa shape index (κ3) is 4.33. The predicted octanol–water partition coefficient (Wildman–Crippen LogP) is 3.79. The normalized spacial score (nSPS) is 19.9. The van der Waals surface area contributed by atoms with E-state index < -0.39 is 11.6 Å². The van der Waals surface area contributed by atoms with E-state index in [0.717, 1.165) is 11.5 Å². The lowest BCUT2D eigenvalue weighted by atomic mass is 10.1. The van der Waals surface area contributed by atoms with Crippen LogP contribution in [0.5, 0.6) is 0 Å². The van der Waals surface area contributed by atoms with Crippen molar-refractivity contribution in [2.45, 2.75) is 45.8 Å². The lowest BCUT2D eigenvalue weighted by Gasteiger charge is -2.35. The molecule has 5 heteroatoms. The van der Waals surface area contributed by atoms with Crippen LogP contribution in [0.3, 0.4) is 0 Å². The summed E-state index contributed by atoms with van der Waals surface area (Å²) in [7, 11) is 0. The molecule has 1 N–H and O–H groups in total. The highest BCUT2D eigenvalue weighted by molar-refractivity contribution is 7.99. The van der Waals surface area contributed by atoms with Crippen molar-refractivity contribution in [1.82, 2.24) is 5.32 Å². The summed E-state index contributed by atoms with van der Waals surface area (Å²) < 4.78 is 28.7. The fourth-order valence-electron chi connectivity index (χ4n) is 2.42. The van der Waals surface area contributed by atoms with Crippen molar-refractivity contribution in [2.75, 3.05) is 23.0 Å². The van der Waals surface area contributed by atoms with Crippen LogP contribution in [0.4, 0.5) is 14.5 Å². The first-order valence-electron chi connectivity index (χ1n) is 7.35. The number of anilines is 1. The van der Waals surface area contributed by atoms with Gasteiger partial charge in [0.1, 0.15) is 17.3 Å². The Balaban J connectivity index is 2.21. The zero-order chi connectivity index (χ0) is 15.6. The van der Waals surface area contributed by atoms with Gasteiger partial charge in [0.05, 0.1) is 0 Å². The van der Waals surface area contributed by atoms with Crippen molar-refractivity contribution in [1.29, 1.82) is 0 Å². The smallest absolute Gasteiger partial charge is 0.149 e. The molecule has 21 heavy (non-hydrogen) atoms. The summed E-state index contributed by atoms with van der Waals surface area (Å²) in [6.45, 7) is 9.26. The molecule has 0 saturated carbocycles. The van der Waals surface area contributed by atoms with Crippen LogP contribution in [0.1, 0.15) is 33.3 Å². The Morgan fingerprint density at radius 3 is 2.43 bits per heavy atom. The van der Waals surface area contributed by atoms with Crippen LogP contribution in [-0.4, -0.2) is 29.6 Å². The second-order valence-corrected chi connectivity index (χ2v) is 7.78. The Morgan fingerprint density at radius 1 is 1.29 bits per heavy atom. The van der Waals surface area contributed by atoms with Gasteiger partial charge in [0.2, 0.25) is 0 Å². The minimum Gasteiger partial charge on any atom is -0.362 e. The number of thioether (sulfide) groups is 1. The molecular formula is C16H24F2N2S. The standard InChI is InChI=1S/C16H24F2N2S/c1-11-10-21-6-5-20(11)15-13(17)7-12(8-14(15)18)9-19-16(2,3)4/h7-8,11,19H,5-6,9-10H2,1-4H3. The average molecular weight is 314 g/mol. The summed E-state index contributed by atoms with van der Waals surface area (Å²) in [6.07, 6.45) is 0. The van der Waals surface area contributed by atoms with Crippen molar-refractivity contribution in [3.05, 3.63) is 29.3 Å². The fraction of sp³-hybridized carbons (Fsp3) is 0.625. The molecule has 0 bridgehead atoms. The van der Waals surface area contributed by atoms with Crippen molar-refractivity contribution in [3.63, 3.8) is 0 Å². The van der Waals surface area contributed by atoms with E-state index in [4.69, 9.17) is 0 Å². The molecule has 0 aliphatic carbocycles. The third-order valence-corrected chi connectivity index (χ3v) is 4.74. The molecule has 1 aliphatic rings. The number of halogens is 2. The second kappa shape index (κ2) is 6.53. The molecule has 1 aromatic rings. The summed E-state index contributed by atoms with van der Waals surface area (Å²) in [5.41, 5.74) is 0.689. The molecule has 1 aromatic carbocycles. The topological polar surface area (TPSA) is 15.3 Å². The fourth-order valence-corrected chi connectivity index (χ4v) is 3.43. The highest BCUT2D eigenvalue weighted by Crippen LogP contribution is 2.30. The molecule has 118 valence electrons. The first-order chi connectivity index (χ1) is 9.78. The largest absolute Gasteiger partial charge is 0.362 e. The van der Waals surface area contributed by atoms with Gasteiger partial charge in [-0.1, -0.05) is 0 Å². The van der Waals surface area contributed by atoms with E-state index in [0.29, 0.717) is 18.7 Å². The maximum absolute atomic E-state index is 14.4. The van der Waals surface area contributed by atoms with E-state index in [1.54, 1.807) is 0 Å². The molecule has 0 aromatic heterocycles. The Bertz CT molecular complexity index is 477. The molecule has 1 saturated heterocycles. The number of nitrogens with one attached hydrogen (secondary N) is 1. The molecule has 2 rings (SSSR count). The zero-order valence-corrected chi connectivity index (χ0v) is 14.0. The predicted molar refractivity (Wildman–Crippen MR) is 87.1 cm³/mol. The minimum atomic E-state index is -0.459. The Hall–Kier alpha value is -0.810. The van der Waals surface area contributed by atoms with E-state index in [1.807, 2.05) is 44.4 Å². The molecule has 1 unspecified atom stereocenters. The number of hydrogen-bond donors (Lipinski definition) is 1. The summed E-state index contributed by atoms with van der Waals surface area (Å²) in [5.74, 6) is 0.905. The van der Waals surface area contributed by atoms with Gasteiger partial charge < -0.3 is 10.2 Å². The van der Waals surface area contributed by atoms with Gasteiger partial charge in [0.15, 0.2) is 0 Å². The van der Waals surface area contributed by atoms with Gasteiger partial charge >= 0.3 is 0 Å². The monoisotopic (exact) mass is 314 g/mol. The first-order valence-corrected chi connectivity index (χ1v) is 8.51. The number of hydrogen-bond acceptors (Lipinski definition) is 3. The lowest BCUT2D eigenvalue weighted by Crippen LogP contribution is -2.41. The summed E-state index contributed by atoms with van der Waals surface area (Å²) in [6, 6.07) is 3.06. The summed E-state index contributed by atoms with van der Waals surface area (Å²) in [4.78, 5) is 1.85. The van der Waals surface area contributed by atoms with Crippen molar-refractivity contribution < 1.29 is 8.78 Å². The van der Waals surface area contributed by atoms with Crippen LogP contribution in [0.2, 0.25) is 0 Å². The van der Waals surface area contributed by atoms with Gasteiger partial charge in [-0.05, 0) is 45.4 Å². The quantitative estimate of drug-likeness (QED) is 0.914. The minimum absolute atomic E-state index is 0.0791. The SMILES string of the molecule is CC1CSCCN1c1c(F)cc(CNC(C)(C)C)cc1F. The van der Waals surface area contributed by atoms with Gasteiger partial charge in [-0.15, -0.1) is 0 Å². The third-order valence-electron chi connectivity index (χ3n) is 3.55. The molecule has 0 amide bonds. The summed E-state index contributed by atoms with van der Waals surface area (Å²) >= 11 is 1.83. The lowest BCUT2D eigenvalue weighted by molar-refractivity contribution is 0.422. The Morgan fingerprint density at radius 2 is 1.90 bits per heavy atom. The van der Waals surface area contributed by atoms with Crippen molar-refractivity contribution >= 4 is 17.4 Å². The van der Waals surface area contributed by atoms with E-state index >= 15 is 0 Å². The van der Waals surface area contributed by atoms with Crippen LogP contribution in [0.25, 0.3) is 0 Å². The van der Waals surface area contributed by atoms with Crippen LogP contribution in [-0.2, 0) is 6.54 Å². The van der Waals surface area contributed by atoms with Gasteiger partial charge in [-0.25, -0.2) is 8.78 Å². The molecule has 1 fully saturated rings. The summed E-state index contributed by atoms with van der Waals surface area (Å²) in [5, 5.41) is 3.25. The van der Waals surface area contributed by atoms with Gasteiger partial charge in [0, 0.05) is 36.2 Å². The van der Waals surface area contributed by atoms with E-state index in [9.17, 15) is 8.78 Å². The Labute approximate surface area is 130 Å². The molecule has 0 spiro atoms. The van der Waals surface area contributed by atoms with Crippen molar-refractivity contribution in [3.8, 4) is 0 Å². The van der Waals surface area contributed by atoms with E-state index in [-0.39, 0.29) is 17.3 Å². The van der Waals surface area contributed by atoms with Crippen LogP contribution >= 0.6 is 11.8 Å². The van der Waals surface area contributed by atoms with Gasteiger partial charge in [-0.2, -0.15) is 11.8 Å². The van der Waals surface area contributed by atoms with Crippen LogP contribution < -0.4 is 10.2 Å². The van der Waals surface area contributed by atoms with Crippen molar-refractivity contribution in [2.24, 2.45) is 0 Å². The number of benzene rings is 1. The zero-order valence-electron chi connectivity index (χ0n) is 13.2. The molecule has 1 atom stereocenters. The first kappa shape index (κ1) is 16.6. The molecule has 0 radical (unpaired) electrons. The van der Waals surface area contributed by atoms with Gasteiger partial charge in [-0.3, -0.25) is 0 Å². The molecule has 2 nitrogen and oxygen atoms in total. The maximum atomic E-state index is 14.4. The van der Waals surface area contributed by atoms with E-state index in [2.05, 4.69) is 5.32 Å². The van der Waals surface area contributed by atoms with Crippen LogP contribution in [0.15, 0.2) is 12.1 Å².